The summed E-state index contributed by atoms with van der Waals surface area (Å²) in [6, 6.07) is 9.62. The summed E-state index contributed by atoms with van der Waals surface area (Å²) in [6.07, 6.45) is 0. The summed E-state index contributed by atoms with van der Waals surface area (Å²) < 4.78 is 24.9. The Morgan fingerprint density at radius 3 is 2.58 bits per heavy atom. The van der Waals surface area contributed by atoms with Crippen LogP contribution in [0.4, 0.5) is 10.1 Å². The van der Waals surface area contributed by atoms with Crippen molar-refractivity contribution in [1.29, 1.82) is 0 Å². The Kier molecular flexibility index (Phi) is 4.59. The first kappa shape index (κ1) is 16.5. The Balaban J connectivity index is 1.93. The number of thiophene rings is 1. The van der Waals surface area contributed by atoms with Crippen LogP contribution in [-0.2, 0) is 0 Å². The van der Waals surface area contributed by atoms with Gasteiger partial charge in [-0.15, -0.1) is 11.3 Å². The minimum absolute atomic E-state index is 0.117. The molecule has 0 fully saturated rings. The van der Waals surface area contributed by atoms with Crippen molar-refractivity contribution in [3.8, 4) is 11.5 Å². The zero-order valence-corrected chi connectivity index (χ0v) is 14.4. The number of amides is 1. The van der Waals surface area contributed by atoms with E-state index in [4.69, 9.17) is 21.1 Å². The van der Waals surface area contributed by atoms with Crippen LogP contribution >= 0.6 is 22.9 Å². The molecule has 0 aliphatic heterocycles. The molecule has 0 saturated heterocycles. The molecule has 0 aliphatic carbocycles. The highest BCUT2D eigenvalue weighted by Crippen LogP contribution is 2.37. The van der Waals surface area contributed by atoms with Crippen LogP contribution in [0, 0.1) is 5.82 Å². The minimum Gasteiger partial charge on any atom is -0.493 e. The Morgan fingerprint density at radius 1 is 1.17 bits per heavy atom. The number of halogens is 2. The molecule has 24 heavy (non-hydrogen) atoms. The topological polar surface area (TPSA) is 47.6 Å². The highest BCUT2D eigenvalue weighted by molar-refractivity contribution is 7.21. The molecule has 3 rings (SSSR count). The van der Waals surface area contributed by atoms with Crippen molar-refractivity contribution in [1.82, 2.24) is 0 Å². The molecule has 0 bridgehead atoms. The average Bonchev–Trinajstić information content (AvgIpc) is 2.93. The lowest BCUT2D eigenvalue weighted by atomic mass is 10.2. The number of anilines is 1. The second-order valence-electron chi connectivity index (χ2n) is 4.88. The van der Waals surface area contributed by atoms with Gasteiger partial charge in [0, 0.05) is 21.8 Å². The molecule has 0 unspecified atom stereocenters. The van der Waals surface area contributed by atoms with E-state index in [0.29, 0.717) is 21.9 Å². The summed E-state index contributed by atoms with van der Waals surface area (Å²) in [7, 11) is 3.04. The van der Waals surface area contributed by atoms with Gasteiger partial charge < -0.3 is 14.8 Å². The lowest BCUT2D eigenvalue weighted by Gasteiger charge is -2.10. The average molecular weight is 366 g/mol. The number of nitrogens with one attached hydrogen (secondary N) is 1. The van der Waals surface area contributed by atoms with E-state index in [9.17, 15) is 9.18 Å². The third-order valence-electron chi connectivity index (χ3n) is 3.45. The van der Waals surface area contributed by atoms with E-state index in [1.807, 2.05) is 0 Å². The molecule has 0 aliphatic rings. The number of methoxy groups -OCH3 is 2. The third-order valence-corrected chi connectivity index (χ3v) is 5.10. The second kappa shape index (κ2) is 6.67. The molecule has 1 N–H and O–H groups in total. The van der Waals surface area contributed by atoms with Gasteiger partial charge in [-0.3, -0.25) is 4.79 Å². The molecular formula is C17H13ClFNO3S. The molecule has 0 radical (unpaired) electrons. The third kappa shape index (κ3) is 2.90. The molecule has 1 aromatic heterocycles. The number of carbonyl (C=O) groups is 1. The van der Waals surface area contributed by atoms with Gasteiger partial charge in [0.05, 0.1) is 19.2 Å². The monoisotopic (exact) mass is 365 g/mol. The lowest BCUT2D eigenvalue weighted by Crippen LogP contribution is -2.10. The number of carbonyl (C=O) groups excluding carboxylic acids is 1. The fourth-order valence-corrected chi connectivity index (χ4v) is 3.77. The fraction of sp³-hybridized carbons (Fsp3) is 0.118. The van der Waals surface area contributed by atoms with Crippen LogP contribution in [0.1, 0.15) is 9.67 Å². The number of hydrogen-bond donors (Lipinski definition) is 1. The van der Waals surface area contributed by atoms with Gasteiger partial charge in [-0.25, -0.2) is 4.39 Å². The Morgan fingerprint density at radius 2 is 1.92 bits per heavy atom. The van der Waals surface area contributed by atoms with Crippen molar-refractivity contribution >= 4 is 44.6 Å². The zero-order chi connectivity index (χ0) is 17.3. The fourth-order valence-electron chi connectivity index (χ4n) is 2.32. The van der Waals surface area contributed by atoms with Crippen molar-refractivity contribution in [2.24, 2.45) is 0 Å². The van der Waals surface area contributed by atoms with Gasteiger partial charge in [0.25, 0.3) is 5.91 Å². The van der Waals surface area contributed by atoms with Crippen molar-refractivity contribution in [2.45, 2.75) is 0 Å². The first-order chi connectivity index (χ1) is 11.5. The molecule has 1 heterocycles. The first-order valence-corrected chi connectivity index (χ1v) is 8.14. The van der Waals surface area contributed by atoms with Gasteiger partial charge in [0.15, 0.2) is 11.5 Å². The molecule has 2 aromatic carbocycles. The van der Waals surface area contributed by atoms with Crippen LogP contribution in [0.5, 0.6) is 11.5 Å². The Bertz CT molecular complexity index is 926. The predicted octanol–water partition coefficient (Wildman–Crippen LogP) is 4.96. The van der Waals surface area contributed by atoms with Crippen LogP contribution < -0.4 is 14.8 Å². The molecule has 0 atom stereocenters. The summed E-state index contributed by atoms with van der Waals surface area (Å²) in [5.41, 5.74) is 0.520. The summed E-state index contributed by atoms with van der Waals surface area (Å²) >= 11 is 7.34. The molecule has 1 amide bonds. The van der Waals surface area contributed by atoms with Crippen molar-refractivity contribution in [3.05, 3.63) is 52.1 Å². The minimum atomic E-state index is -0.445. The van der Waals surface area contributed by atoms with E-state index >= 15 is 0 Å². The molecule has 0 saturated carbocycles. The summed E-state index contributed by atoms with van der Waals surface area (Å²) in [4.78, 5) is 12.7. The molecule has 0 spiro atoms. The number of fused-ring (bicyclic) bond motifs is 1. The van der Waals surface area contributed by atoms with Crippen LogP contribution in [0.3, 0.4) is 0 Å². The van der Waals surface area contributed by atoms with Gasteiger partial charge in [0.2, 0.25) is 0 Å². The molecular weight excluding hydrogens is 353 g/mol. The normalized spacial score (nSPS) is 10.7. The standard InChI is InChI=1S/C17H13ClFNO3S/c1-22-11-7-6-9(8-12(11)23-2)20-17(21)16-15(18)14-10(19)4-3-5-13(14)24-16/h3-8H,1-2H3,(H,20,21). The molecule has 3 aromatic rings. The van der Waals surface area contributed by atoms with Gasteiger partial charge in [-0.05, 0) is 24.3 Å². The SMILES string of the molecule is COc1ccc(NC(=O)c2sc3cccc(F)c3c2Cl)cc1OC. The highest BCUT2D eigenvalue weighted by Gasteiger charge is 2.20. The van der Waals surface area contributed by atoms with E-state index in [1.165, 1.54) is 20.3 Å². The maximum atomic E-state index is 13.9. The Labute approximate surface area is 146 Å². The van der Waals surface area contributed by atoms with Gasteiger partial charge in [-0.2, -0.15) is 0 Å². The Hall–Kier alpha value is -2.31. The maximum Gasteiger partial charge on any atom is 0.267 e. The smallest absolute Gasteiger partial charge is 0.267 e. The van der Waals surface area contributed by atoms with Crippen LogP contribution in [0.15, 0.2) is 36.4 Å². The highest BCUT2D eigenvalue weighted by atomic mass is 35.5. The predicted molar refractivity (Wildman–Crippen MR) is 94.3 cm³/mol. The van der Waals surface area contributed by atoms with E-state index in [0.717, 1.165) is 11.3 Å². The lowest BCUT2D eigenvalue weighted by molar-refractivity contribution is 0.103. The van der Waals surface area contributed by atoms with Gasteiger partial charge >= 0.3 is 0 Å². The maximum absolute atomic E-state index is 13.9. The molecule has 4 nitrogen and oxygen atoms in total. The van der Waals surface area contributed by atoms with Crippen molar-refractivity contribution in [3.63, 3.8) is 0 Å². The summed E-state index contributed by atoms with van der Waals surface area (Å²) in [5, 5.41) is 3.12. The van der Waals surface area contributed by atoms with E-state index in [2.05, 4.69) is 5.32 Å². The molecule has 7 heteroatoms. The second-order valence-corrected chi connectivity index (χ2v) is 6.31. The first-order valence-electron chi connectivity index (χ1n) is 6.95. The summed E-state index contributed by atoms with van der Waals surface area (Å²) in [5.74, 6) is 0.188. The van der Waals surface area contributed by atoms with Gasteiger partial charge in [-0.1, -0.05) is 17.7 Å². The van der Waals surface area contributed by atoms with E-state index < -0.39 is 11.7 Å². The number of benzene rings is 2. The zero-order valence-electron chi connectivity index (χ0n) is 12.9. The van der Waals surface area contributed by atoms with Crippen LogP contribution in [0.2, 0.25) is 5.02 Å². The largest absolute Gasteiger partial charge is 0.493 e. The van der Waals surface area contributed by atoms with E-state index in [-0.39, 0.29) is 15.3 Å². The van der Waals surface area contributed by atoms with Crippen LogP contribution in [0.25, 0.3) is 10.1 Å². The number of ether oxygens (including phenoxy) is 2. The summed E-state index contributed by atoms with van der Waals surface area (Å²) in [6.45, 7) is 0. The number of rotatable bonds is 4. The van der Waals surface area contributed by atoms with E-state index in [1.54, 1.807) is 30.3 Å². The quantitative estimate of drug-likeness (QED) is 0.710. The number of hydrogen-bond acceptors (Lipinski definition) is 4. The van der Waals surface area contributed by atoms with Crippen molar-refractivity contribution < 1.29 is 18.7 Å². The van der Waals surface area contributed by atoms with Gasteiger partial charge in [0.1, 0.15) is 10.7 Å². The van der Waals surface area contributed by atoms with Crippen molar-refractivity contribution in [2.75, 3.05) is 19.5 Å². The molecule has 124 valence electrons. The van der Waals surface area contributed by atoms with Crippen LogP contribution in [-0.4, -0.2) is 20.1 Å².